The number of benzene rings is 1. The van der Waals surface area contributed by atoms with E-state index in [0.29, 0.717) is 35.2 Å². The zero-order valence-corrected chi connectivity index (χ0v) is 20.2. The van der Waals surface area contributed by atoms with E-state index in [1.807, 2.05) is 0 Å². The summed E-state index contributed by atoms with van der Waals surface area (Å²) in [6.45, 7) is 13.0. The summed E-state index contributed by atoms with van der Waals surface area (Å²) in [5, 5.41) is 5.06. The first-order valence-corrected chi connectivity index (χ1v) is 11.5. The van der Waals surface area contributed by atoms with Gasteiger partial charge in [-0.15, -0.1) is 0 Å². The van der Waals surface area contributed by atoms with E-state index in [2.05, 4.69) is 38.3 Å². The quantitative estimate of drug-likeness (QED) is 0.265. The molecule has 4 heterocycles. The fourth-order valence-electron chi connectivity index (χ4n) is 4.82. The maximum atomic E-state index is 15.2. The van der Waals surface area contributed by atoms with Crippen molar-refractivity contribution in [3.05, 3.63) is 71.1 Å². The molecule has 37 heavy (non-hydrogen) atoms. The number of amides is 1. The Kier molecular flexibility index (Phi) is 5.84. The van der Waals surface area contributed by atoms with Crippen LogP contribution >= 0.6 is 0 Å². The third kappa shape index (κ3) is 3.85. The molecule has 0 aliphatic carbocycles. The van der Waals surface area contributed by atoms with Gasteiger partial charge >= 0.3 is 0 Å². The lowest BCUT2D eigenvalue weighted by atomic mass is 10.1. The van der Waals surface area contributed by atoms with Gasteiger partial charge in [0.05, 0.1) is 28.0 Å². The van der Waals surface area contributed by atoms with Crippen LogP contribution in [0.1, 0.15) is 29.5 Å². The minimum atomic E-state index is -0.850. The third-order valence-corrected chi connectivity index (χ3v) is 6.75. The number of hydrogen-bond acceptors (Lipinski definition) is 5. The highest BCUT2D eigenvalue weighted by Crippen LogP contribution is 2.33. The summed E-state index contributed by atoms with van der Waals surface area (Å²) < 4.78 is 33.4. The van der Waals surface area contributed by atoms with Crippen molar-refractivity contribution >= 4 is 33.7 Å². The van der Waals surface area contributed by atoms with Gasteiger partial charge in [0.15, 0.2) is 5.82 Å². The molecule has 2 atom stereocenters. The van der Waals surface area contributed by atoms with E-state index in [0.717, 1.165) is 0 Å². The Balaban J connectivity index is 1.61. The van der Waals surface area contributed by atoms with Crippen LogP contribution in [0.3, 0.4) is 0 Å². The SMILES string of the molecule is [C-]#[N+]C[C@H]1C[C@H](n2nc(C#Cc3c(F)cc4c(nc(C)n4C)c3F)c3c(N)nccc32)CN1C(=O)C=C. The van der Waals surface area contributed by atoms with Gasteiger partial charge in [0.1, 0.15) is 34.7 Å². The Bertz CT molecular complexity index is 1700. The molecule has 0 radical (unpaired) electrons. The lowest BCUT2D eigenvalue weighted by molar-refractivity contribution is -0.126. The van der Waals surface area contributed by atoms with Gasteiger partial charge in [-0.05, 0) is 31.4 Å². The molecule has 1 fully saturated rings. The molecule has 1 saturated heterocycles. The van der Waals surface area contributed by atoms with E-state index < -0.39 is 17.2 Å². The molecule has 0 spiro atoms. The first-order chi connectivity index (χ1) is 17.7. The van der Waals surface area contributed by atoms with Gasteiger partial charge in [0, 0.05) is 25.9 Å². The molecule has 0 saturated carbocycles. The van der Waals surface area contributed by atoms with Crippen LogP contribution < -0.4 is 5.73 Å². The van der Waals surface area contributed by atoms with Crippen LogP contribution in [-0.2, 0) is 11.8 Å². The number of rotatable bonds is 3. The fourth-order valence-corrected chi connectivity index (χ4v) is 4.82. The number of imidazole rings is 1. The Hall–Kier alpha value is -4.77. The van der Waals surface area contributed by atoms with Crippen molar-refractivity contribution < 1.29 is 13.6 Å². The van der Waals surface area contributed by atoms with E-state index >= 15 is 4.39 Å². The Labute approximate surface area is 211 Å². The number of likely N-dealkylation sites (tertiary alicyclic amines) is 1. The second kappa shape index (κ2) is 9.03. The number of nitrogen functional groups attached to an aromatic ring is 1. The number of aryl methyl sites for hydroxylation is 2. The molecule has 0 bridgehead atoms. The van der Waals surface area contributed by atoms with Crippen molar-refractivity contribution in [2.24, 2.45) is 7.05 Å². The monoisotopic (exact) mass is 500 g/mol. The molecule has 1 aliphatic heterocycles. The van der Waals surface area contributed by atoms with Crippen molar-refractivity contribution in [2.45, 2.75) is 25.4 Å². The number of nitrogens with two attached hydrogens (primary N) is 1. The number of fused-ring (bicyclic) bond motifs is 2. The van der Waals surface area contributed by atoms with E-state index in [1.165, 1.54) is 18.3 Å². The standard InChI is InChI=1S/C26H22F2N8O/c1-5-22(37)35-13-16(10-15(35)12-30-3)36-20-8-9-31-26(29)23(20)19(33-36)7-6-17-18(27)11-21-25(24(17)28)32-14(2)34(21)4/h5,8-9,11,15-16H,1,10,12-13H2,2,4H3,(H2,29,31)/t15-,16+/m1/s1. The average Bonchev–Trinajstić information content (AvgIpc) is 3.54. The predicted octanol–water partition coefficient (Wildman–Crippen LogP) is 3.13. The van der Waals surface area contributed by atoms with Crippen molar-refractivity contribution in [1.29, 1.82) is 0 Å². The van der Waals surface area contributed by atoms with Gasteiger partial charge in [-0.3, -0.25) is 9.48 Å². The number of pyridine rings is 1. The minimum Gasteiger partial charge on any atom is -0.383 e. The molecular weight excluding hydrogens is 478 g/mol. The lowest BCUT2D eigenvalue weighted by Crippen LogP contribution is -2.36. The normalized spacial score (nSPS) is 17.1. The van der Waals surface area contributed by atoms with Crippen LogP contribution in [0.15, 0.2) is 31.0 Å². The molecule has 2 N–H and O–H groups in total. The highest BCUT2D eigenvalue weighted by atomic mass is 19.1. The number of nitrogens with zero attached hydrogens (tertiary/aromatic N) is 7. The Morgan fingerprint density at radius 3 is 2.89 bits per heavy atom. The molecule has 4 aromatic rings. The van der Waals surface area contributed by atoms with E-state index in [4.69, 9.17) is 12.3 Å². The van der Waals surface area contributed by atoms with E-state index in [1.54, 1.807) is 34.2 Å². The summed E-state index contributed by atoms with van der Waals surface area (Å²) in [5.41, 5.74) is 6.91. The number of aromatic nitrogens is 5. The van der Waals surface area contributed by atoms with Crippen LogP contribution in [0.25, 0.3) is 26.8 Å². The summed E-state index contributed by atoms with van der Waals surface area (Å²) in [6.07, 6.45) is 3.25. The number of hydrogen-bond donors (Lipinski definition) is 1. The summed E-state index contributed by atoms with van der Waals surface area (Å²) >= 11 is 0. The number of anilines is 1. The minimum absolute atomic E-state index is 0.0334. The van der Waals surface area contributed by atoms with Crippen LogP contribution in [0, 0.1) is 37.0 Å². The van der Waals surface area contributed by atoms with E-state index in [9.17, 15) is 9.18 Å². The molecule has 1 aromatic carbocycles. The summed E-state index contributed by atoms with van der Waals surface area (Å²) in [7, 11) is 1.68. The fraction of sp³-hybridized carbons (Fsp3) is 0.269. The second-order valence-corrected chi connectivity index (χ2v) is 8.85. The van der Waals surface area contributed by atoms with Crippen LogP contribution in [0.5, 0.6) is 0 Å². The summed E-state index contributed by atoms with van der Waals surface area (Å²) in [5.74, 6) is 4.14. The molecule has 9 nitrogen and oxygen atoms in total. The summed E-state index contributed by atoms with van der Waals surface area (Å²) in [6, 6.07) is 2.36. The van der Waals surface area contributed by atoms with Crippen molar-refractivity contribution in [1.82, 2.24) is 29.2 Å². The molecule has 5 rings (SSSR count). The topological polar surface area (TPSA) is 99.2 Å². The van der Waals surface area contributed by atoms with Crippen LogP contribution in [0.4, 0.5) is 14.6 Å². The lowest BCUT2D eigenvalue weighted by Gasteiger charge is -2.18. The van der Waals surface area contributed by atoms with Crippen LogP contribution in [-0.4, -0.2) is 54.3 Å². The van der Waals surface area contributed by atoms with Gasteiger partial charge in [0.2, 0.25) is 12.5 Å². The smallest absolute Gasteiger partial charge is 0.246 e. The largest absolute Gasteiger partial charge is 0.383 e. The average molecular weight is 501 g/mol. The van der Waals surface area contributed by atoms with Gasteiger partial charge in [-0.2, -0.15) is 5.10 Å². The molecular formula is C26H22F2N8O. The molecule has 1 amide bonds. The Morgan fingerprint density at radius 2 is 2.16 bits per heavy atom. The zero-order chi connectivity index (χ0) is 26.4. The maximum absolute atomic E-state index is 15.2. The van der Waals surface area contributed by atoms with Crippen LogP contribution in [0.2, 0.25) is 0 Å². The zero-order valence-electron chi connectivity index (χ0n) is 20.2. The summed E-state index contributed by atoms with van der Waals surface area (Å²) in [4.78, 5) is 25.8. The maximum Gasteiger partial charge on any atom is 0.246 e. The van der Waals surface area contributed by atoms with Crippen molar-refractivity contribution in [3.8, 4) is 11.8 Å². The third-order valence-electron chi connectivity index (χ3n) is 6.75. The first-order valence-electron chi connectivity index (χ1n) is 11.5. The number of carbonyl (C=O) groups excluding carboxylic acids is 1. The van der Waals surface area contributed by atoms with Crippen molar-refractivity contribution in [3.63, 3.8) is 0 Å². The van der Waals surface area contributed by atoms with Gasteiger partial charge in [-0.25, -0.2) is 25.3 Å². The first kappa shape index (κ1) is 23.9. The highest BCUT2D eigenvalue weighted by Gasteiger charge is 2.38. The number of carbonyl (C=O) groups is 1. The molecule has 11 heteroatoms. The second-order valence-electron chi connectivity index (χ2n) is 8.85. The molecule has 0 unspecified atom stereocenters. The number of halogens is 2. The molecule has 186 valence electrons. The molecule has 3 aromatic heterocycles. The van der Waals surface area contributed by atoms with Gasteiger partial charge in [-0.1, -0.05) is 12.5 Å². The van der Waals surface area contributed by atoms with Gasteiger partial charge < -0.3 is 20.0 Å². The van der Waals surface area contributed by atoms with E-state index in [-0.39, 0.29) is 41.6 Å². The predicted molar refractivity (Wildman–Crippen MR) is 134 cm³/mol. The molecule has 1 aliphatic rings. The van der Waals surface area contributed by atoms with Gasteiger partial charge in [0.25, 0.3) is 0 Å². The highest BCUT2D eigenvalue weighted by molar-refractivity contribution is 5.93. The Morgan fingerprint density at radius 1 is 1.38 bits per heavy atom. The van der Waals surface area contributed by atoms with Crippen molar-refractivity contribution in [2.75, 3.05) is 18.8 Å².